The summed E-state index contributed by atoms with van der Waals surface area (Å²) in [4.78, 5) is 0. The number of furan rings is 1. The number of hydrogen-bond donors (Lipinski definition) is 1. The summed E-state index contributed by atoms with van der Waals surface area (Å²) >= 11 is 0. The molecule has 5 rings (SSSR count). The first-order valence-corrected chi connectivity index (χ1v) is 9.31. The minimum Gasteiger partial charge on any atom is -0.461 e. The van der Waals surface area contributed by atoms with Crippen molar-refractivity contribution in [2.45, 2.75) is 50.8 Å². The molecule has 0 aliphatic carbocycles. The van der Waals surface area contributed by atoms with E-state index in [1.54, 1.807) is 0 Å². The molecular formula is C22H21FO4. The second-order valence-electron chi connectivity index (χ2n) is 7.59. The van der Waals surface area contributed by atoms with Gasteiger partial charge in [0.2, 0.25) is 0 Å². The highest BCUT2D eigenvalue weighted by Gasteiger charge is 2.47. The molecule has 0 bridgehead atoms. The maximum absolute atomic E-state index is 14.7. The van der Waals surface area contributed by atoms with E-state index < -0.39 is 11.9 Å². The second-order valence-corrected chi connectivity index (χ2v) is 7.59. The van der Waals surface area contributed by atoms with Crippen molar-refractivity contribution < 1.29 is 23.4 Å². The molecule has 3 heterocycles. The van der Waals surface area contributed by atoms with Crippen molar-refractivity contribution in [3.05, 3.63) is 70.7 Å². The van der Waals surface area contributed by atoms with Gasteiger partial charge in [-0.1, -0.05) is 18.2 Å². The van der Waals surface area contributed by atoms with Gasteiger partial charge in [-0.3, -0.25) is 0 Å². The number of para-hydroxylation sites is 1. The van der Waals surface area contributed by atoms with E-state index in [1.807, 2.05) is 43.3 Å². The van der Waals surface area contributed by atoms with Crippen LogP contribution in [0.2, 0.25) is 0 Å². The molecule has 1 saturated heterocycles. The number of benzene rings is 2. The predicted molar refractivity (Wildman–Crippen MR) is 97.7 cm³/mol. The summed E-state index contributed by atoms with van der Waals surface area (Å²) in [6, 6.07) is 13.0. The maximum Gasteiger partial charge on any atom is 0.198 e. The zero-order valence-corrected chi connectivity index (χ0v) is 15.1. The van der Waals surface area contributed by atoms with Crippen molar-refractivity contribution in [2.75, 3.05) is 0 Å². The summed E-state index contributed by atoms with van der Waals surface area (Å²) in [5.41, 5.74) is 2.93. The Morgan fingerprint density at radius 3 is 2.89 bits per heavy atom. The molecule has 2 unspecified atom stereocenters. The number of hydrogen-bond acceptors (Lipinski definition) is 4. The summed E-state index contributed by atoms with van der Waals surface area (Å²) in [6.45, 7) is 2.21. The van der Waals surface area contributed by atoms with Gasteiger partial charge < -0.3 is 19.0 Å². The van der Waals surface area contributed by atoms with Crippen molar-refractivity contribution in [1.29, 1.82) is 0 Å². The predicted octanol–water partition coefficient (Wildman–Crippen LogP) is 4.41. The van der Waals surface area contributed by atoms with E-state index in [0.29, 0.717) is 30.6 Å². The number of rotatable bonds is 2. The molecule has 5 heteroatoms. The molecular weight excluding hydrogens is 347 g/mol. The SMILES string of the molecule is CC1CC(O)C[C@@]2(OCc3cc(F)c(Cc4cc5ccccc5o4)cc32)O1. The number of aliphatic hydroxyl groups is 1. The lowest BCUT2D eigenvalue weighted by Gasteiger charge is -2.39. The van der Waals surface area contributed by atoms with Crippen LogP contribution in [0.25, 0.3) is 11.0 Å². The van der Waals surface area contributed by atoms with E-state index >= 15 is 0 Å². The van der Waals surface area contributed by atoms with E-state index in [4.69, 9.17) is 13.9 Å². The Balaban J connectivity index is 1.52. The van der Waals surface area contributed by atoms with Gasteiger partial charge in [0.15, 0.2) is 5.79 Å². The van der Waals surface area contributed by atoms with Crippen molar-refractivity contribution in [3.8, 4) is 0 Å². The van der Waals surface area contributed by atoms with Gasteiger partial charge >= 0.3 is 0 Å². The Kier molecular flexibility index (Phi) is 3.86. The normalized spacial score (nSPS) is 27.4. The first-order chi connectivity index (χ1) is 13.0. The van der Waals surface area contributed by atoms with Gasteiger partial charge in [0, 0.05) is 23.8 Å². The van der Waals surface area contributed by atoms with Crippen LogP contribution in [-0.4, -0.2) is 17.3 Å². The lowest BCUT2D eigenvalue weighted by Crippen LogP contribution is -2.43. The van der Waals surface area contributed by atoms with Crippen LogP contribution in [0.15, 0.2) is 46.9 Å². The van der Waals surface area contributed by atoms with Gasteiger partial charge in [0.1, 0.15) is 17.2 Å². The standard InChI is InChI=1S/C22H21FO4/c1-13-6-17(24)11-22(27-13)19-9-15(20(23)10-16(19)12-25-22)8-18-7-14-4-2-3-5-21(14)26-18/h2-5,7,9-10,13,17,24H,6,8,11-12H2,1H3/t13?,17?,22-/m1/s1. The molecule has 27 heavy (non-hydrogen) atoms. The zero-order chi connectivity index (χ0) is 18.6. The van der Waals surface area contributed by atoms with E-state index in [1.165, 1.54) is 6.07 Å². The molecule has 2 aliphatic heterocycles. The van der Waals surface area contributed by atoms with Crippen LogP contribution >= 0.6 is 0 Å². The molecule has 2 aromatic carbocycles. The number of halogens is 1. The topological polar surface area (TPSA) is 51.8 Å². The van der Waals surface area contributed by atoms with Gasteiger partial charge in [-0.2, -0.15) is 0 Å². The van der Waals surface area contributed by atoms with Crippen LogP contribution in [0.5, 0.6) is 0 Å². The Labute approximate surface area is 156 Å². The van der Waals surface area contributed by atoms with Gasteiger partial charge in [-0.05, 0) is 48.7 Å². The first kappa shape index (κ1) is 16.9. The van der Waals surface area contributed by atoms with Crippen molar-refractivity contribution in [1.82, 2.24) is 0 Å². The molecule has 1 N–H and O–H groups in total. The van der Waals surface area contributed by atoms with Crippen molar-refractivity contribution in [2.24, 2.45) is 0 Å². The zero-order valence-electron chi connectivity index (χ0n) is 15.1. The van der Waals surface area contributed by atoms with Crippen LogP contribution in [-0.2, 0) is 28.3 Å². The summed E-state index contributed by atoms with van der Waals surface area (Å²) < 4.78 is 32.6. The van der Waals surface area contributed by atoms with E-state index in [2.05, 4.69) is 0 Å². The highest BCUT2D eigenvalue weighted by atomic mass is 19.1. The van der Waals surface area contributed by atoms with Crippen LogP contribution in [0.3, 0.4) is 0 Å². The summed E-state index contributed by atoms with van der Waals surface area (Å²) in [7, 11) is 0. The fourth-order valence-electron chi connectivity index (χ4n) is 4.32. The third-order valence-electron chi connectivity index (χ3n) is 5.48. The quantitative estimate of drug-likeness (QED) is 0.728. The lowest BCUT2D eigenvalue weighted by atomic mass is 9.90. The minimum absolute atomic E-state index is 0.122. The molecule has 0 amide bonds. The fraction of sp³-hybridized carbons (Fsp3) is 0.364. The molecule has 1 fully saturated rings. The molecule has 3 atom stereocenters. The van der Waals surface area contributed by atoms with Crippen LogP contribution < -0.4 is 0 Å². The van der Waals surface area contributed by atoms with Crippen molar-refractivity contribution >= 4 is 11.0 Å². The number of aliphatic hydroxyl groups excluding tert-OH is 1. The first-order valence-electron chi connectivity index (χ1n) is 9.31. The molecule has 4 nitrogen and oxygen atoms in total. The smallest absolute Gasteiger partial charge is 0.198 e. The number of fused-ring (bicyclic) bond motifs is 3. The average molecular weight is 368 g/mol. The highest BCUT2D eigenvalue weighted by Crippen LogP contribution is 2.46. The molecule has 1 aromatic heterocycles. The third kappa shape index (κ3) is 2.87. The Bertz CT molecular complexity index is 966. The summed E-state index contributed by atoms with van der Waals surface area (Å²) in [5.74, 6) is -0.553. The monoisotopic (exact) mass is 368 g/mol. The van der Waals surface area contributed by atoms with E-state index in [0.717, 1.165) is 22.1 Å². The second kappa shape index (κ2) is 6.16. The van der Waals surface area contributed by atoms with Crippen LogP contribution in [0.1, 0.15) is 42.2 Å². The minimum atomic E-state index is -0.983. The van der Waals surface area contributed by atoms with Crippen molar-refractivity contribution in [3.63, 3.8) is 0 Å². The Hall–Kier alpha value is -2.21. The van der Waals surface area contributed by atoms with E-state index in [-0.39, 0.29) is 18.5 Å². The van der Waals surface area contributed by atoms with Gasteiger partial charge in [-0.15, -0.1) is 0 Å². The highest BCUT2D eigenvalue weighted by molar-refractivity contribution is 5.77. The number of ether oxygens (including phenoxy) is 2. The van der Waals surface area contributed by atoms with E-state index in [9.17, 15) is 9.50 Å². The summed E-state index contributed by atoms with van der Waals surface area (Å²) in [6.07, 6.45) is 0.669. The van der Waals surface area contributed by atoms with Crippen LogP contribution in [0.4, 0.5) is 4.39 Å². The molecule has 3 aromatic rings. The average Bonchev–Trinajstić information content (AvgIpc) is 3.16. The molecule has 140 valence electrons. The Morgan fingerprint density at radius 2 is 2.07 bits per heavy atom. The van der Waals surface area contributed by atoms with Gasteiger partial charge in [0.25, 0.3) is 0 Å². The fourth-order valence-corrected chi connectivity index (χ4v) is 4.32. The molecule has 1 spiro atoms. The molecule has 0 saturated carbocycles. The maximum atomic E-state index is 14.7. The lowest BCUT2D eigenvalue weighted by molar-refractivity contribution is -0.295. The summed E-state index contributed by atoms with van der Waals surface area (Å²) in [5, 5.41) is 11.2. The molecule has 0 radical (unpaired) electrons. The van der Waals surface area contributed by atoms with Gasteiger partial charge in [0.05, 0.1) is 18.8 Å². The van der Waals surface area contributed by atoms with Crippen LogP contribution in [0, 0.1) is 5.82 Å². The third-order valence-corrected chi connectivity index (χ3v) is 5.48. The Morgan fingerprint density at radius 1 is 1.22 bits per heavy atom. The molecule has 2 aliphatic rings. The van der Waals surface area contributed by atoms with Gasteiger partial charge in [-0.25, -0.2) is 4.39 Å². The largest absolute Gasteiger partial charge is 0.461 e.